The Bertz CT molecular complexity index is 1290. The summed E-state index contributed by atoms with van der Waals surface area (Å²) < 4.78 is 20.4. The summed E-state index contributed by atoms with van der Waals surface area (Å²) in [7, 11) is 2.74. The van der Waals surface area contributed by atoms with Crippen LogP contribution >= 0.6 is 0 Å². The topological polar surface area (TPSA) is 133 Å². The van der Waals surface area contributed by atoms with E-state index in [1.807, 2.05) is 30.3 Å². The van der Waals surface area contributed by atoms with Crippen LogP contribution in [0.25, 0.3) is 11.0 Å². The van der Waals surface area contributed by atoms with E-state index < -0.39 is 23.7 Å². The predicted octanol–water partition coefficient (Wildman–Crippen LogP) is 3.49. The number of esters is 1. The number of alkyl carbamates (subject to hydrolysis) is 1. The van der Waals surface area contributed by atoms with Crippen LogP contribution in [0, 0.1) is 0 Å². The summed E-state index contributed by atoms with van der Waals surface area (Å²) in [5.74, 6) is -0.411. The summed E-state index contributed by atoms with van der Waals surface area (Å²) in [6, 6.07) is 14.8. The Kier molecular flexibility index (Phi) is 10.7. The third-order valence-electron chi connectivity index (χ3n) is 5.85. The van der Waals surface area contributed by atoms with E-state index in [1.165, 1.54) is 20.3 Å². The van der Waals surface area contributed by atoms with Crippen molar-refractivity contribution < 1.29 is 33.0 Å². The number of ether oxygens (including phenoxy) is 3. The molecule has 2 amide bonds. The lowest BCUT2D eigenvalue weighted by atomic mass is 10.0. The van der Waals surface area contributed by atoms with E-state index in [4.69, 9.17) is 18.6 Å². The lowest BCUT2D eigenvalue weighted by Gasteiger charge is -2.17. The molecular formula is C28H32N2O8. The molecule has 1 atom stereocenters. The third-order valence-corrected chi connectivity index (χ3v) is 5.85. The number of fused-ring (bicyclic) bond motifs is 1. The maximum Gasteiger partial charge on any atom is 0.407 e. The molecule has 0 unspecified atom stereocenters. The number of carbonyl (C=O) groups excluding carboxylic acids is 3. The third kappa shape index (κ3) is 8.65. The molecule has 0 aliphatic rings. The van der Waals surface area contributed by atoms with Gasteiger partial charge in [-0.3, -0.25) is 4.79 Å². The minimum Gasteiger partial charge on any atom is -0.497 e. The normalized spacial score (nSPS) is 11.4. The second-order valence-corrected chi connectivity index (χ2v) is 8.60. The minimum atomic E-state index is -0.972. The van der Waals surface area contributed by atoms with Crippen LogP contribution in [0.1, 0.15) is 36.8 Å². The van der Waals surface area contributed by atoms with Crippen molar-refractivity contribution in [3.8, 4) is 5.75 Å². The minimum absolute atomic E-state index is 0.0574. The number of benzene rings is 2. The van der Waals surface area contributed by atoms with Crippen molar-refractivity contribution in [2.75, 3.05) is 20.8 Å². The molecule has 0 fully saturated rings. The smallest absolute Gasteiger partial charge is 0.407 e. The fourth-order valence-corrected chi connectivity index (χ4v) is 3.88. The summed E-state index contributed by atoms with van der Waals surface area (Å²) in [4.78, 5) is 48.8. The van der Waals surface area contributed by atoms with Gasteiger partial charge < -0.3 is 29.3 Å². The van der Waals surface area contributed by atoms with Gasteiger partial charge in [0.2, 0.25) is 5.91 Å². The highest BCUT2D eigenvalue weighted by molar-refractivity contribution is 5.86. The number of nitrogens with one attached hydrogen (secondary N) is 2. The standard InChI is InChI=1S/C28H32N2O8/c1-35-21-12-13-22-20(16-26(32)38-24(22)17-21)15-23(27(33)36-2)30-25(31)11-7-4-8-14-29-28(34)37-18-19-9-5-3-6-10-19/h3,5-6,9-10,12-13,16-17,23H,4,7-8,11,14-15,18H2,1-2H3,(H,29,34)(H,30,31)/t23-/m0/s1. The van der Waals surface area contributed by atoms with Gasteiger partial charge in [0.05, 0.1) is 14.2 Å². The highest BCUT2D eigenvalue weighted by atomic mass is 16.5. The Morgan fingerprint density at radius 3 is 2.50 bits per heavy atom. The van der Waals surface area contributed by atoms with Crippen LogP contribution in [0.15, 0.2) is 63.8 Å². The number of unbranched alkanes of at least 4 members (excludes halogenated alkanes) is 2. The van der Waals surface area contributed by atoms with Gasteiger partial charge in [-0.1, -0.05) is 36.8 Å². The molecule has 202 valence electrons. The predicted molar refractivity (Wildman–Crippen MR) is 140 cm³/mol. The SMILES string of the molecule is COC(=O)[C@H](Cc1cc(=O)oc2cc(OC)ccc12)NC(=O)CCCCCNC(=O)OCc1ccccc1. The highest BCUT2D eigenvalue weighted by Gasteiger charge is 2.23. The van der Waals surface area contributed by atoms with Crippen LogP contribution in [-0.2, 0) is 32.1 Å². The van der Waals surface area contributed by atoms with Crippen molar-refractivity contribution in [3.63, 3.8) is 0 Å². The molecular weight excluding hydrogens is 492 g/mol. The molecule has 3 aromatic rings. The number of carbonyl (C=O) groups is 3. The largest absolute Gasteiger partial charge is 0.497 e. The van der Waals surface area contributed by atoms with Crippen molar-refractivity contribution in [2.24, 2.45) is 0 Å². The molecule has 0 bridgehead atoms. The van der Waals surface area contributed by atoms with E-state index in [9.17, 15) is 19.2 Å². The lowest BCUT2D eigenvalue weighted by molar-refractivity contribution is -0.145. The summed E-state index contributed by atoms with van der Waals surface area (Å²) >= 11 is 0. The van der Waals surface area contributed by atoms with E-state index in [1.54, 1.807) is 18.2 Å². The first kappa shape index (κ1) is 28.2. The van der Waals surface area contributed by atoms with Gasteiger partial charge in [0.25, 0.3) is 0 Å². The second-order valence-electron chi connectivity index (χ2n) is 8.60. The zero-order valence-corrected chi connectivity index (χ0v) is 21.5. The zero-order valence-electron chi connectivity index (χ0n) is 21.5. The number of methoxy groups -OCH3 is 2. The number of hydrogen-bond acceptors (Lipinski definition) is 8. The van der Waals surface area contributed by atoms with Crippen molar-refractivity contribution >= 4 is 28.9 Å². The van der Waals surface area contributed by atoms with Gasteiger partial charge in [-0.25, -0.2) is 14.4 Å². The van der Waals surface area contributed by atoms with E-state index in [0.717, 1.165) is 5.56 Å². The van der Waals surface area contributed by atoms with Crippen molar-refractivity contribution in [1.82, 2.24) is 10.6 Å². The number of rotatable bonds is 13. The Hall–Kier alpha value is -4.34. The van der Waals surface area contributed by atoms with Gasteiger partial charge in [0, 0.05) is 36.9 Å². The summed E-state index contributed by atoms with van der Waals surface area (Å²) in [6.45, 7) is 0.626. The fourth-order valence-electron chi connectivity index (χ4n) is 3.88. The van der Waals surface area contributed by atoms with Crippen LogP contribution in [0.3, 0.4) is 0 Å². The lowest BCUT2D eigenvalue weighted by Crippen LogP contribution is -2.43. The van der Waals surface area contributed by atoms with Gasteiger partial charge in [-0.15, -0.1) is 0 Å². The molecule has 38 heavy (non-hydrogen) atoms. The average molecular weight is 525 g/mol. The average Bonchev–Trinajstić information content (AvgIpc) is 2.92. The molecule has 10 heteroatoms. The molecule has 2 aromatic carbocycles. The van der Waals surface area contributed by atoms with Crippen molar-refractivity contribution in [3.05, 3.63) is 76.1 Å². The molecule has 0 aliphatic carbocycles. The zero-order chi connectivity index (χ0) is 27.3. The molecule has 10 nitrogen and oxygen atoms in total. The van der Waals surface area contributed by atoms with Gasteiger partial charge >= 0.3 is 17.7 Å². The molecule has 2 N–H and O–H groups in total. The number of hydrogen-bond donors (Lipinski definition) is 2. The van der Waals surface area contributed by atoms with Crippen LogP contribution in [0.5, 0.6) is 5.75 Å². The summed E-state index contributed by atoms with van der Waals surface area (Å²) in [5.41, 5.74) is 1.19. The second kappa shape index (κ2) is 14.4. The van der Waals surface area contributed by atoms with Crippen LogP contribution < -0.4 is 21.0 Å². The first-order valence-corrected chi connectivity index (χ1v) is 12.3. The summed E-state index contributed by atoms with van der Waals surface area (Å²) in [6.07, 6.45) is 1.69. The Morgan fingerprint density at radius 1 is 0.974 bits per heavy atom. The molecule has 0 spiro atoms. The van der Waals surface area contributed by atoms with Gasteiger partial charge in [0.1, 0.15) is 24.0 Å². The van der Waals surface area contributed by atoms with Gasteiger partial charge in [0.15, 0.2) is 0 Å². The molecule has 0 radical (unpaired) electrons. The Labute approximate surface area is 220 Å². The van der Waals surface area contributed by atoms with E-state index in [0.29, 0.717) is 48.1 Å². The van der Waals surface area contributed by atoms with Gasteiger partial charge in [-0.2, -0.15) is 0 Å². The number of amides is 2. The van der Waals surface area contributed by atoms with Crippen LogP contribution in [0.2, 0.25) is 0 Å². The van der Waals surface area contributed by atoms with Crippen LogP contribution in [-0.4, -0.2) is 44.8 Å². The highest BCUT2D eigenvalue weighted by Crippen LogP contribution is 2.23. The Morgan fingerprint density at radius 2 is 1.76 bits per heavy atom. The van der Waals surface area contributed by atoms with E-state index >= 15 is 0 Å². The molecule has 1 heterocycles. The van der Waals surface area contributed by atoms with E-state index in [-0.39, 0.29) is 25.4 Å². The van der Waals surface area contributed by atoms with Crippen molar-refractivity contribution in [1.29, 1.82) is 0 Å². The maximum atomic E-state index is 12.5. The monoisotopic (exact) mass is 524 g/mol. The maximum absolute atomic E-state index is 12.5. The van der Waals surface area contributed by atoms with Crippen molar-refractivity contribution in [2.45, 2.75) is 44.8 Å². The molecule has 3 rings (SSSR count). The van der Waals surface area contributed by atoms with Gasteiger partial charge in [-0.05, 0) is 36.1 Å². The van der Waals surface area contributed by atoms with E-state index in [2.05, 4.69) is 10.6 Å². The first-order valence-electron chi connectivity index (χ1n) is 12.3. The molecule has 0 aliphatic heterocycles. The molecule has 0 saturated heterocycles. The molecule has 1 aromatic heterocycles. The van der Waals surface area contributed by atoms with Crippen LogP contribution in [0.4, 0.5) is 4.79 Å². The molecule has 0 saturated carbocycles. The first-order chi connectivity index (χ1) is 18.4. The Balaban J connectivity index is 1.44. The fraction of sp³-hybridized carbons (Fsp3) is 0.357. The summed E-state index contributed by atoms with van der Waals surface area (Å²) in [5, 5.41) is 6.02. The quantitative estimate of drug-likeness (QED) is 0.197.